The Kier molecular flexibility index (Phi) is 9.83. The molecule has 0 aromatic heterocycles. The maximum absolute atomic E-state index is 11.7. The minimum Gasteiger partial charge on any atom is -0.468 e. The molecule has 0 aliphatic carbocycles. The van der Waals surface area contributed by atoms with E-state index in [9.17, 15) is 4.79 Å². The number of methoxy groups -OCH3 is 1. The zero-order valence-corrected chi connectivity index (χ0v) is 13.0. The molecule has 0 radical (unpaired) electrons. The van der Waals surface area contributed by atoms with Crippen molar-refractivity contribution in [1.82, 2.24) is 5.32 Å². The van der Waals surface area contributed by atoms with Crippen LogP contribution >= 0.6 is 0 Å². The van der Waals surface area contributed by atoms with E-state index in [1.54, 1.807) is 0 Å². The Bertz CT molecular complexity index is 246. The number of likely N-dealkylation sites (N-methyl/N-ethyl adjacent to an activating group) is 1. The molecule has 0 amide bonds. The Hall–Kier alpha value is -0.650. The fraction of sp³-hybridized carbons (Fsp3) is 0.929. The van der Waals surface area contributed by atoms with E-state index in [1.807, 2.05) is 13.8 Å². The largest absolute Gasteiger partial charge is 0.468 e. The highest BCUT2D eigenvalue weighted by atomic mass is 16.5. The number of hydrogen-bond donors (Lipinski definition) is 1. The molecule has 0 aliphatic rings. The molecule has 1 unspecified atom stereocenters. The summed E-state index contributed by atoms with van der Waals surface area (Å²) in [6.07, 6.45) is 0.581. The van der Waals surface area contributed by atoms with Gasteiger partial charge < -0.3 is 19.5 Å². The fourth-order valence-electron chi connectivity index (χ4n) is 1.69. The van der Waals surface area contributed by atoms with Crippen LogP contribution in [0, 0.1) is 5.92 Å². The van der Waals surface area contributed by atoms with Crippen molar-refractivity contribution in [2.24, 2.45) is 5.92 Å². The maximum atomic E-state index is 11.7. The Balaban J connectivity index is 3.79. The van der Waals surface area contributed by atoms with Crippen molar-refractivity contribution < 1.29 is 19.0 Å². The van der Waals surface area contributed by atoms with Crippen molar-refractivity contribution in [3.05, 3.63) is 0 Å². The Morgan fingerprint density at radius 2 is 1.84 bits per heavy atom. The van der Waals surface area contributed by atoms with Gasteiger partial charge in [0.25, 0.3) is 0 Å². The lowest BCUT2D eigenvalue weighted by Gasteiger charge is -2.27. The minimum atomic E-state index is -0.678. The lowest BCUT2D eigenvalue weighted by Crippen LogP contribution is -2.50. The van der Waals surface area contributed by atoms with Gasteiger partial charge in [0.1, 0.15) is 5.54 Å². The highest BCUT2D eigenvalue weighted by Crippen LogP contribution is 2.11. The van der Waals surface area contributed by atoms with E-state index in [1.165, 1.54) is 7.11 Å². The van der Waals surface area contributed by atoms with Crippen LogP contribution in [0.25, 0.3) is 0 Å². The maximum Gasteiger partial charge on any atom is 0.325 e. The molecule has 0 heterocycles. The molecule has 0 saturated carbocycles. The Labute approximate surface area is 117 Å². The standard InChI is InChI=1S/C14H29NO4/c1-6-15-14(4,13(16)17-5)7-8-18-9-10-19-11-12(2)3/h12,15H,6-11H2,1-5H3. The van der Waals surface area contributed by atoms with Gasteiger partial charge in [0, 0.05) is 13.2 Å². The van der Waals surface area contributed by atoms with Gasteiger partial charge in [-0.2, -0.15) is 0 Å². The molecule has 0 fully saturated rings. The third kappa shape index (κ3) is 8.18. The number of nitrogens with one attached hydrogen (secondary N) is 1. The molecule has 19 heavy (non-hydrogen) atoms. The van der Waals surface area contributed by atoms with Crippen molar-refractivity contribution in [3.63, 3.8) is 0 Å². The van der Waals surface area contributed by atoms with Crippen molar-refractivity contribution in [3.8, 4) is 0 Å². The fourth-order valence-corrected chi connectivity index (χ4v) is 1.69. The van der Waals surface area contributed by atoms with E-state index in [2.05, 4.69) is 19.2 Å². The molecule has 0 aromatic rings. The normalized spacial score (nSPS) is 14.4. The monoisotopic (exact) mass is 275 g/mol. The number of hydrogen-bond acceptors (Lipinski definition) is 5. The van der Waals surface area contributed by atoms with Crippen molar-refractivity contribution in [2.75, 3.05) is 40.1 Å². The molecule has 0 aromatic carbocycles. The number of esters is 1. The first-order chi connectivity index (χ1) is 8.96. The molecule has 1 atom stereocenters. The zero-order valence-electron chi connectivity index (χ0n) is 13.0. The Morgan fingerprint density at radius 3 is 2.37 bits per heavy atom. The summed E-state index contributed by atoms with van der Waals surface area (Å²) in [5.41, 5.74) is -0.678. The molecule has 1 N–H and O–H groups in total. The van der Waals surface area contributed by atoms with E-state index in [4.69, 9.17) is 14.2 Å². The molecule has 0 aliphatic heterocycles. The number of carbonyl (C=O) groups excluding carboxylic acids is 1. The highest BCUT2D eigenvalue weighted by molar-refractivity contribution is 5.80. The molecule has 0 rings (SSSR count). The van der Waals surface area contributed by atoms with Gasteiger partial charge in [-0.3, -0.25) is 4.79 Å². The lowest BCUT2D eigenvalue weighted by molar-refractivity contribution is -0.148. The molecule has 0 saturated heterocycles. The van der Waals surface area contributed by atoms with Crippen LogP contribution in [0.5, 0.6) is 0 Å². The molecule has 5 nitrogen and oxygen atoms in total. The van der Waals surface area contributed by atoms with E-state index >= 15 is 0 Å². The zero-order chi connectivity index (χ0) is 14.7. The van der Waals surface area contributed by atoms with Crippen molar-refractivity contribution in [1.29, 1.82) is 0 Å². The number of rotatable bonds is 11. The van der Waals surface area contributed by atoms with Gasteiger partial charge in [0.05, 0.1) is 20.3 Å². The van der Waals surface area contributed by atoms with Crippen molar-refractivity contribution in [2.45, 2.75) is 39.7 Å². The minimum absolute atomic E-state index is 0.256. The van der Waals surface area contributed by atoms with Gasteiger partial charge in [-0.05, 0) is 25.8 Å². The van der Waals surface area contributed by atoms with Gasteiger partial charge >= 0.3 is 5.97 Å². The third-order valence-electron chi connectivity index (χ3n) is 2.77. The topological polar surface area (TPSA) is 56.8 Å². The average Bonchev–Trinajstić information content (AvgIpc) is 2.36. The van der Waals surface area contributed by atoms with Gasteiger partial charge in [-0.15, -0.1) is 0 Å². The van der Waals surface area contributed by atoms with Crippen molar-refractivity contribution >= 4 is 5.97 Å². The van der Waals surface area contributed by atoms with Gasteiger partial charge in [0.15, 0.2) is 0 Å². The Morgan fingerprint density at radius 1 is 1.21 bits per heavy atom. The molecular weight excluding hydrogens is 246 g/mol. The number of ether oxygens (including phenoxy) is 3. The summed E-state index contributed by atoms with van der Waals surface area (Å²) in [6.45, 7) is 11.1. The first kappa shape index (κ1) is 18.4. The molecule has 0 spiro atoms. The molecule has 5 heteroatoms. The van der Waals surface area contributed by atoms with E-state index < -0.39 is 5.54 Å². The van der Waals surface area contributed by atoms with Gasteiger partial charge in [-0.25, -0.2) is 0 Å². The summed E-state index contributed by atoms with van der Waals surface area (Å²) in [7, 11) is 1.40. The van der Waals surface area contributed by atoms with E-state index in [0.29, 0.717) is 38.7 Å². The third-order valence-corrected chi connectivity index (χ3v) is 2.77. The van der Waals surface area contributed by atoms with Crippen LogP contribution in [0.4, 0.5) is 0 Å². The molecular formula is C14H29NO4. The second kappa shape index (κ2) is 10.2. The summed E-state index contributed by atoms with van der Waals surface area (Å²) in [5.74, 6) is 0.283. The van der Waals surface area contributed by atoms with Crippen LogP contribution < -0.4 is 5.32 Å². The summed E-state index contributed by atoms with van der Waals surface area (Å²) in [6, 6.07) is 0. The first-order valence-electron chi connectivity index (χ1n) is 6.95. The quantitative estimate of drug-likeness (QED) is 0.458. The summed E-state index contributed by atoms with van der Waals surface area (Å²) in [4.78, 5) is 11.7. The van der Waals surface area contributed by atoms with Gasteiger partial charge in [0.2, 0.25) is 0 Å². The van der Waals surface area contributed by atoms with Crippen LogP contribution in [0.15, 0.2) is 0 Å². The lowest BCUT2D eigenvalue weighted by atomic mass is 9.98. The van der Waals surface area contributed by atoms with E-state index in [-0.39, 0.29) is 5.97 Å². The summed E-state index contributed by atoms with van der Waals surface area (Å²) >= 11 is 0. The van der Waals surface area contributed by atoms with Crippen LogP contribution in [0.2, 0.25) is 0 Å². The van der Waals surface area contributed by atoms with Gasteiger partial charge in [-0.1, -0.05) is 20.8 Å². The predicted molar refractivity (Wildman–Crippen MR) is 75.2 cm³/mol. The first-order valence-corrected chi connectivity index (χ1v) is 6.95. The highest BCUT2D eigenvalue weighted by Gasteiger charge is 2.32. The van der Waals surface area contributed by atoms with Crippen LogP contribution in [-0.4, -0.2) is 51.6 Å². The smallest absolute Gasteiger partial charge is 0.325 e. The van der Waals surface area contributed by atoms with E-state index in [0.717, 1.165) is 6.61 Å². The second-order valence-electron chi connectivity index (χ2n) is 5.19. The molecule has 0 bridgehead atoms. The van der Waals surface area contributed by atoms with Crippen LogP contribution in [0.3, 0.4) is 0 Å². The number of carbonyl (C=O) groups is 1. The molecule has 114 valence electrons. The summed E-state index contributed by atoms with van der Waals surface area (Å²) in [5, 5.41) is 3.14. The predicted octanol–water partition coefficient (Wildman–Crippen LogP) is 1.61. The second-order valence-corrected chi connectivity index (χ2v) is 5.19. The SMILES string of the molecule is CCNC(C)(CCOCCOCC(C)C)C(=O)OC. The van der Waals surface area contributed by atoms with Crippen LogP contribution in [-0.2, 0) is 19.0 Å². The summed E-state index contributed by atoms with van der Waals surface area (Å²) < 4.78 is 15.7. The average molecular weight is 275 g/mol. The van der Waals surface area contributed by atoms with Crippen LogP contribution in [0.1, 0.15) is 34.1 Å².